The maximum absolute atomic E-state index is 5.24. The van der Waals surface area contributed by atoms with Crippen LogP contribution in [0.5, 0.6) is 0 Å². The van der Waals surface area contributed by atoms with Crippen molar-refractivity contribution in [3.63, 3.8) is 0 Å². The van der Waals surface area contributed by atoms with Gasteiger partial charge in [-0.25, -0.2) is 9.97 Å². The van der Waals surface area contributed by atoms with Gasteiger partial charge in [-0.05, 0) is 88.7 Å². The lowest BCUT2D eigenvalue weighted by molar-refractivity contribution is 0.353. The molecule has 2 aliphatic carbocycles. The highest BCUT2D eigenvalue weighted by atomic mass is 32.1. The SMILES string of the molecule is c1ccc2c(c1)-c1ccc(-c3cccc4c3sc3ccc(-c5nc(-c6ccncc6)c6sc7ccccc7c6n5)cc34)cc1C21CCCCC1. The van der Waals surface area contributed by atoms with E-state index < -0.39 is 0 Å². The number of thiophene rings is 2. The highest BCUT2D eigenvalue weighted by Crippen LogP contribution is 2.56. The van der Waals surface area contributed by atoms with Crippen LogP contribution in [0.15, 0.2) is 128 Å². The lowest BCUT2D eigenvalue weighted by Gasteiger charge is -2.36. The van der Waals surface area contributed by atoms with Crippen LogP contribution < -0.4 is 0 Å². The average molecular weight is 678 g/mol. The van der Waals surface area contributed by atoms with Gasteiger partial charge in [-0.1, -0.05) is 92.1 Å². The van der Waals surface area contributed by atoms with Gasteiger partial charge in [0.05, 0.1) is 15.9 Å². The standard InChI is InChI=1S/C45H31N3S2/c1-6-21-45(22-7-1)36-13-4-2-9-31(36)32-17-15-28(26-37(32)45)30-11-8-12-33-35-25-29(16-18-39(35)49-42(30)33)44-47-40(27-19-23-46-24-20-27)43-41(48-44)34-10-3-5-14-38(34)50-43/h2-5,8-20,23-26H,1,6-7,21-22H2. The Morgan fingerprint density at radius 2 is 1.24 bits per heavy atom. The molecule has 0 bridgehead atoms. The van der Waals surface area contributed by atoms with E-state index in [1.165, 1.54) is 90.2 Å². The van der Waals surface area contributed by atoms with Crippen LogP contribution in [0.3, 0.4) is 0 Å². The van der Waals surface area contributed by atoms with Gasteiger partial charge < -0.3 is 0 Å². The lowest BCUT2D eigenvalue weighted by Crippen LogP contribution is -2.28. The molecule has 0 saturated heterocycles. The zero-order chi connectivity index (χ0) is 32.8. The second-order valence-electron chi connectivity index (χ2n) is 13.9. The molecule has 5 heteroatoms. The molecule has 4 heterocycles. The Balaban J connectivity index is 1.07. The maximum Gasteiger partial charge on any atom is 0.160 e. The minimum Gasteiger partial charge on any atom is -0.265 e. The van der Waals surface area contributed by atoms with Crippen LogP contribution in [0.2, 0.25) is 0 Å². The number of rotatable bonds is 3. The molecular formula is C45H31N3S2. The van der Waals surface area contributed by atoms with Crippen molar-refractivity contribution >= 4 is 63.1 Å². The molecule has 238 valence electrons. The summed E-state index contributed by atoms with van der Waals surface area (Å²) in [4.78, 5) is 14.7. The summed E-state index contributed by atoms with van der Waals surface area (Å²) in [6.07, 6.45) is 10.1. The third-order valence-electron chi connectivity index (χ3n) is 11.2. The highest BCUT2D eigenvalue weighted by Gasteiger charge is 2.43. The molecule has 0 unspecified atom stereocenters. The van der Waals surface area contributed by atoms with Crippen LogP contribution in [0.25, 0.3) is 85.4 Å². The summed E-state index contributed by atoms with van der Waals surface area (Å²) in [6, 6.07) is 42.7. The van der Waals surface area contributed by atoms with Crippen LogP contribution in [0.4, 0.5) is 0 Å². The molecule has 50 heavy (non-hydrogen) atoms. The molecule has 0 radical (unpaired) electrons. The predicted octanol–water partition coefficient (Wildman–Crippen LogP) is 12.8. The highest BCUT2D eigenvalue weighted by molar-refractivity contribution is 7.26. The maximum atomic E-state index is 5.24. The number of hydrogen-bond acceptors (Lipinski definition) is 5. The number of hydrogen-bond donors (Lipinski definition) is 0. The number of fused-ring (bicyclic) bond motifs is 11. The third-order valence-corrected chi connectivity index (χ3v) is 13.6. The van der Waals surface area contributed by atoms with E-state index in [-0.39, 0.29) is 5.41 Å². The molecule has 9 aromatic rings. The molecule has 1 fully saturated rings. The number of benzene rings is 5. The first-order valence-electron chi connectivity index (χ1n) is 17.6. The first-order valence-corrected chi connectivity index (χ1v) is 19.2. The van der Waals surface area contributed by atoms with E-state index >= 15 is 0 Å². The summed E-state index contributed by atoms with van der Waals surface area (Å²) in [7, 11) is 0. The summed E-state index contributed by atoms with van der Waals surface area (Å²) in [5, 5.41) is 3.72. The molecular weight excluding hydrogens is 647 g/mol. The van der Waals surface area contributed by atoms with Crippen molar-refractivity contribution in [2.75, 3.05) is 0 Å². The molecule has 1 saturated carbocycles. The first kappa shape index (κ1) is 28.6. The van der Waals surface area contributed by atoms with Gasteiger partial charge in [0, 0.05) is 59.2 Å². The van der Waals surface area contributed by atoms with Gasteiger partial charge in [-0.15, -0.1) is 22.7 Å². The quantitative estimate of drug-likeness (QED) is 0.187. The number of nitrogens with zero attached hydrogens (tertiary/aromatic N) is 3. The summed E-state index contributed by atoms with van der Waals surface area (Å²) < 4.78 is 4.96. The van der Waals surface area contributed by atoms with Gasteiger partial charge >= 0.3 is 0 Å². The molecule has 5 aromatic carbocycles. The molecule has 3 nitrogen and oxygen atoms in total. The largest absolute Gasteiger partial charge is 0.265 e. The van der Waals surface area contributed by atoms with Crippen LogP contribution in [-0.4, -0.2) is 15.0 Å². The van der Waals surface area contributed by atoms with Gasteiger partial charge in [0.1, 0.15) is 0 Å². The second-order valence-corrected chi connectivity index (χ2v) is 16.0. The molecule has 0 N–H and O–H groups in total. The summed E-state index contributed by atoms with van der Waals surface area (Å²) in [6.45, 7) is 0. The first-order chi connectivity index (χ1) is 24.7. The van der Waals surface area contributed by atoms with Gasteiger partial charge in [0.15, 0.2) is 5.82 Å². The Morgan fingerprint density at radius 1 is 0.500 bits per heavy atom. The van der Waals surface area contributed by atoms with Crippen molar-refractivity contribution < 1.29 is 0 Å². The fourth-order valence-corrected chi connectivity index (χ4v) is 11.3. The van der Waals surface area contributed by atoms with E-state index in [1.54, 1.807) is 16.9 Å². The van der Waals surface area contributed by atoms with Crippen molar-refractivity contribution in [1.82, 2.24) is 15.0 Å². The zero-order valence-electron chi connectivity index (χ0n) is 27.3. The minimum absolute atomic E-state index is 0.146. The molecule has 11 rings (SSSR count). The van der Waals surface area contributed by atoms with Crippen LogP contribution in [0.1, 0.15) is 43.2 Å². The Labute approximate surface area is 298 Å². The molecule has 0 atom stereocenters. The lowest BCUT2D eigenvalue weighted by atomic mass is 9.67. The van der Waals surface area contributed by atoms with Gasteiger partial charge in [-0.2, -0.15) is 0 Å². The minimum atomic E-state index is 0.146. The van der Waals surface area contributed by atoms with E-state index in [0.29, 0.717) is 0 Å². The van der Waals surface area contributed by atoms with Crippen molar-refractivity contribution in [2.45, 2.75) is 37.5 Å². The Kier molecular flexibility index (Phi) is 6.22. The van der Waals surface area contributed by atoms with E-state index in [0.717, 1.165) is 32.9 Å². The van der Waals surface area contributed by atoms with E-state index in [2.05, 4.69) is 108 Å². The summed E-state index contributed by atoms with van der Waals surface area (Å²) >= 11 is 3.65. The topological polar surface area (TPSA) is 38.7 Å². The van der Waals surface area contributed by atoms with Crippen molar-refractivity contribution in [3.05, 3.63) is 139 Å². The predicted molar refractivity (Wildman–Crippen MR) is 211 cm³/mol. The monoisotopic (exact) mass is 677 g/mol. The van der Waals surface area contributed by atoms with Crippen LogP contribution >= 0.6 is 22.7 Å². The third kappa shape index (κ3) is 4.11. The van der Waals surface area contributed by atoms with Crippen LogP contribution in [0, 0.1) is 0 Å². The number of aromatic nitrogens is 3. The molecule has 0 aliphatic heterocycles. The second kappa shape index (κ2) is 10.9. The zero-order valence-corrected chi connectivity index (χ0v) is 29.0. The number of pyridine rings is 1. The normalized spacial score (nSPS) is 15.0. The fraction of sp³-hybridized carbons (Fsp3) is 0.133. The molecule has 2 aliphatic rings. The molecule has 0 amide bonds. The van der Waals surface area contributed by atoms with E-state index in [1.807, 2.05) is 35.9 Å². The Morgan fingerprint density at radius 3 is 2.16 bits per heavy atom. The Bertz CT molecular complexity index is 2800. The summed E-state index contributed by atoms with van der Waals surface area (Å²) in [5.74, 6) is 0.751. The van der Waals surface area contributed by atoms with Crippen molar-refractivity contribution in [1.29, 1.82) is 0 Å². The van der Waals surface area contributed by atoms with Gasteiger partial charge in [0.25, 0.3) is 0 Å². The average Bonchev–Trinajstić information content (AvgIpc) is 3.83. The van der Waals surface area contributed by atoms with Crippen LogP contribution in [-0.2, 0) is 5.41 Å². The van der Waals surface area contributed by atoms with Gasteiger partial charge in [-0.3, -0.25) is 4.98 Å². The van der Waals surface area contributed by atoms with E-state index in [9.17, 15) is 0 Å². The summed E-state index contributed by atoms with van der Waals surface area (Å²) in [5.41, 5.74) is 12.8. The Hall–Kier alpha value is -5.23. The van der Waals surface area contributed by atoms with Crippen molar-refractivity contribution in [2.24, 2.45) is 0 Å². The molecule has 4 aromatic heterocycles. The van der Waals surface area contributed by atoms with E-state index in [4.69, 9.17) is 9.97 Å². The van der Waals surface area contributed by atoms with Crippen molar-refractivity contribution in [3.8, 4) is 44.9 Å². The molecule has 1 spiro atoms. The smallest absolute Gasteiger partial charge is 0.160 e. The fourth-order valence-electron chi connectivity index (χ4n) is 8.91. The van der Waals surface area contributed by atoms with Gasteiger partial charge in [0.2, 0.25) is 0 Å².